The van der Waals surface area contributed by atoms with Crippen LogP contribution in [0, 0.1) is 12.1 Å². The van der Waals surface area contributed by atoms with Crippen LogP contribution in [0.15, 0.2) is 15.8 Å². The molecule has 1 aliphatic heterocycles. The van der Waals surface area contributed by atoms with Gasteiger partial charge in [0.15, 0.2) is 20.6 Å². The van der Waals surface area contributed by atoms with Crippen LogP contribution in [-0.2, 0) is 9.16 Å². The molecule has 146 valence electrons. The highest BCUT2D eigenvalue weighted by molar-refractivity contribution is 6.74. The van der Waals surface area contributed by atoms with Crippen LogP contribution in [0.1, 0.15) is 39.0 Å². The van der Waals surface area contributed by atoms with Gasteiger partial charge in [0.2, 0.25) is 0 Å². The quantitative estimate of drug-likeness (QED) is 0.281. The highest BCUT2D eigenvalue weighted by atomic mass is 28.4. The molecule has 8 nitrogen and oxygen atoms in total. The van der Waals surface area contributed by atoms with Crippen LogP contribution in [0.4, 0.5) is 0 Å². The monoisotopic (exact) mass is 383 g/mol. The zero-order chi connectivity index (χ0) is 19.9. The van der Waals surface area contributed by atoms with Crippen LogP contribution < -0.4 is 11.2 Å². The number of nitrogens with one attached hydrogen (secondary N) is 1. The van der Waals surface area contributed by atoms with Gasteiger partial charge in [-0.3, -0.25) is 14.3 Å². The minimum Gasteiger partial charge on any atom is -0.624 e. The van der Waals surface area contributed by atoms with Crippen LogP contribution in [-0.4, -0.2) is 48.1 Å². The summed E-state index contributed by atoms with van der Waals surface area (Å²) in [6.45, 7) is 12.3. The van der Waals surface area contributed by atoms with E-state index in [4.69, 9.17) is 9.16 Å². The summed E-state index contributed by atoms with van der Waals surface area (Å²) < 4.78 is 14.4. The fraction of sp³-hybridized carbons (Fsp3) is 0.706. The van der Waals surface area contributed by atoms with Gasteiger partial charge in [-0.05, 0) is 25.1 Å². The topological polar surface area (TPSA) is 99.4 Å². The Kier molecular flexibility index (Phi) is 5.65. The highest BCUT2D eigenvalue weighted by Crippen LogP contribution is 2.40. The first kappa shape index (κ1) is 20.6. The minimum atomic E-state index is -2.09. The highest BCUT2D eigenvalue weighted by Gasteiger charge is 2.45. The van der Waals surface area contributed by atoms with Crippen LogP contribution >= 0.6 is 0 Å². The van der Waals surface area contributed by atoms with E-state index in [2.05, 4.69) is 38.8 Å². The van der Waals surface area contributed by atoms with Crippen LogP contribution in [0.25, 0.3) is 0 Å². The molecule has 3 unspecified atom stereocenters. The standard InChI is InChI=1S/C17H29N3O5Si/c1-11-9-20(16(22)18-15(11)21)14-8-12(13(24-14)10-19(5)23)25-26(6,7)17(2,3)4/h9-10,12-14H,8H2,1-7H3,(H,18,21,22). The average molecular weight is 384 g/mol. The maximum absolute atomic E-state index is 12.2. The summed E-state index contributed by atoms with van der Waals surface area (Å²) in [6.07, 6.45) is 1.83. The van der Waals surface area contributed by atoms with Crippen molar-refractivity contribution in [2.75, 3.05) is 7.05 Å². The molecule has 26 heavy (non-hydrogen) atoms. The van der Waals surface area contributed by atoms with Crippen molar-refractivity contribution in [1.29, 1.82) is 0 Å². The zero-order valence-electron chi connectivity index (χ0n) is 16.5. The molecule has 2 heterocycles. The molecule has 1 saturated heterocycles. The first-order chi connectivity index (χ1) is 11.8. The van der Waals surface area contributed by atoms with E-state index in [9.17, 15) is 14.8 Å². The predicted octanol–water partition coefficient (Wildman–Crippen LogP) is 1.73. The van der Waals surface area contributed by atoms with Gasteiger partial charge in [-0.1, -0.05) is 20.8 Å². The third kappa shape index (κ3) is 4.33. The van der Waals surface area contributed by atoms with E-state index in [1.165, 1.54) is 24.0 Å². The van der Waals surface area contributed by atoms with E-state index >= 15 is 0 Å². The molecule has 0 amide bonds. The van der Waals surface area contributed by atoms with Gasteiger partial charge >= 0.3 is 5.69 Å². The first-order valence-corrected chi connectivity index (χ1v) is 11.6. The van der Waals surface area contributed by atoms with E-state index in [1.54, 1.807) is 6.92 Å². The summed E-state index contributed by atoms with van der Waals surface area (Å²) in [6, 6.07) is 0. The number of hydroxylamine groups is 1. The Morgan fingerprint density at radius 3 is 2.58 bits per heavy atom. The maximum Gasteiger partial charge on any atom is 0.330 e. The van der Waals surface area contributed by atoms with Gasteiger partial charge in [0.25, 0.3) is 5.56 Å². The van der Waals surface area contributed by atoms with Gasteiger partial charge in [-0.15, -0.1) is 0 Å². The van der Waals surface area contributed by atoms with Crippen molar-refractivity contribution >= 4 is 14.5 Å². The summed E-state index contributed by atoms with van der Waals surface area (Å²) in [5.74, 6) is 0. The molecule has 1 aromatic heterocycles. The van der Waals surface area contributed by atoms with Gasteiger partial charge in [-0.2, -0.15) is 0 Å². The Morgan fingerprint density at radius 1 is 1.42 bits per heavy atom. The lowest BCUT2D eigenvalue weighted by Crippen LogP contribution is -2.46. The number of aromatic amines is 1. The van der Waals surface area contributed by atoms with Crippen LogP contribution in [0.5, 0.6) is 0 Å². The molecule has 0 spiro atoms. The number of rotatable bonds is 4. The Hall–Kier alpha value is -1.71. The third-order valence-electron chi connectivity index (χ3n) is 5.18. The second-order valence-electron chi connectivity index (χ2n) is 8.38. The SMILES string of the molecule is Cc1cn(C2CC(O[Si](C)(C)C(C)(C)C)C(C=[N+](C)[O-])O2)c(=O)[nH]c1=O. The molecule has 2 rings (SSSR count). The fourth-order valence-corrected chi connectivity index (χ4v) is 3.99. The van der Waals surface area contributed by atoms with Crippen molar-refractivity contribution < 1.29 is 13.9 Å². The molecule has 9 heteroatoms. The molecule has 1 fully saturated rings. The Bertz CT molecular complexity index is 802. The van der Waals surface area contributed by atoms with Crippen molar-refractivity contribution in [1.82, 2.24) is 9.55 Å². The lowest BCUT2D eigenvalue weighted by Gasteiger charge is -2.38. The van der Waals surface area contributed by atoms with Gasteiger partial charge in [-0.25, -0.2) is 9.53 Å². The number of nitrogens with zero attached hydrogens (tertiary/aromatic N) is 2. The molecule has 0 aromatic carbocycles. The predicted molar refractivity (Wildman–Crippen MR) is 102 cm³/mol. The molecule has 1 aromatic rings. The number of ether oxygens (including phenoxy) is 1. The lowest BCUT2D eigenvalue weighted by molar-refractivity contribution is -0.421. The molecule has 0 aliphatic carbocycles. The summed E-state index contributed by atoms with van der Waals surface area (Å²) in [7, 11) is -0.707. The Balaban J connectivity index is 2.35. The Morgan fingerprint density at radius 2 is 2.04 bits per heavy atom. The van der Waals surface area contributed by atoms with Crippen molar-refractivity contribution in [2.45, 2.75) is 70.7 Å². The van der Waals surface area contributed by atoms with Crippen molar-refractivity contribution in [3.8, 4) is 0 Å². The summed E-state index contributed by atoms with van der Waals surface area (Å²) in [5.41, 5.74) is -0.531. The first-order valence-electron chi connectivity index (χ1n) is 8.72. The summed E-state index contributed by atoms with van der Waals surface area (Å²) >= 11 is 0. The van der Waals surface area contributed by atoms with Gasteiger partial charge in [0.1, 0.15) is 13.3 Å². The zero-order valence-corrected chi connectivity index (χ0v) is 17.5. The van der Waals surface area contributed by atoms with Gasteiger partial charge in [0, 0.05) is 18.2 Å². The molecular formula is C17H29N3O5Si. The minimum absolute atomic E-state index is 0.00438. The van der Waals surface area contributed by atoms with Crippen molar-refractivity contribution in [2.24, 2.45) is 0 Å². The molecule has 3 atom stereocenters. The molecule has 1 aliphatic rings. The second-order valence-corrected chi connectivity index (χ2v) is 13.1. The van der Waals surface area contributed by atoms with E-state index in [-0.39, 0.29) is 11.1 Å². The second kappa shape index (κ2) is 7.13. The third-order valence-corrected chi connectivity index (χ3v) is 9.68. The number of aromatic nitrogens is 2. The summed E-state index contributed by atoms with van der Waals surface area (Å²) in [4.78, 5) is 26.1. The lowest BCUT2D eigenvalue weighted by atomic mass is 10.2. The van der Waals surface area contributed by atoms with E-state index < -0.39 is 31.9 Å². The average Bonchev–Trinajstić information content (AvgIpc) is 2.82. The molecule has 0 bridgehead atoms. The molecular weight excluding hydrogens is 354 g/mol. The van der Waals surface area contributed by atoms with E-state index in [0.29, 0.717) is 16.7 Å². The van der Waals surface area contributed by atoms with E-state index in [1.807, 2.05) is 0 Å². The van der Waals surface area contributed by atoms with Crippen LogP contribution in [0.2, 0.25) is 18.1 Å². The van der Waals surface area contributed by atoms with Crippen molar-refractivity contribution in [3.63, 3.8) is 0 Å². The Labute approximate surface area is 154 Å². The summed E-state index contributed by atoms with van der Waals surface area (Å²) in [5, 5.41) is 11.5. The molecule has 0 saturated carbocycles. The normalized spacial score (nSPS) is 24.9. The van der Waals surface area contributed by atoms with Crippen molar-refractivity contribution in [3.05, 3.63) is 37.8 Å². The number of aryl methyl sites for hydroxylation is 1. The molecule has 0 radical (unpaired) electrons. The van der Waals surface area contributed by atoms with Gasteiger partial charge in [0.05, 0.1) is 6.10 Å². The number of H-pyrrole nitrogens is 1. The molecule has 1 N–H and O–H groups in total. The smallest absolute Gasteiger partial charge is 0.330 e. The largest absolute Gasteiger partial charge is 0.624 e. The van der Waals surface area contributed by atoms with Crippen LogP contribution in [0.3, 0.4) is 0 Å². The number of hydrogen-bond donors (Lipinski definition) is 1. The number of hydrogen-bond acceptors (Lipinski definition) is 5. The fourth-order valence-electron chi connectivity index (χ4n) is 2.65. The van der Waals surface area contributed by atoms with Gasteiger partial charge < -0.3 is 14.4 Å². The van der Waals surface area contributed by atoms with E-state index in [0.717, 1.165) is 0 Å². The maximum atomic E-state index is 12.2.